The molecule has 0 bridgehead atoms. The highest BCUT2D eigenvalue weighted by Gasteiger charge is 2.10. The van der Waals surface area contributed by atoms with Crippen LogP contribution in [0.15, 0.2) is 36.4 Å². The summed E-state index contributed by atoms with van der Waals surface area (Å²) in [6.07, 6.45) is 0. The lowest BCUT2D eigenvalue weighted by atomic mass is 10.3. The van der Waals surface area contributed by atoms with Crippen molar-refractivity contribution in [2.45, 2.75) is 19.9 Å². The smallest absolute Gasteiger partial charge is 0.319 e. The predicted molar refractivity (Wildman–Crippen MR) is 94.7 cm³/mol. The summed E-state index contributed by atoms with van der Waals surface area (Å²) in [5.74, 6) is 0.870. The van der Waals surface area contributed by atoms with E-state index < -0.39 is 0 Å². The van der Waals surface area contributed by atoms with Crippen molar-refractivity contribution < 1.29 is 9.53 Å². The maximum atomic E-state index is 11.6. The lowest BCUT2D eigenvalue weighted by molar-refractivity contribution is 0.250. The van der Waals surface area contributed by atoms with Crippen molar-refractivity contribution in [2.75, 3.05) is 11.1 Å². The highest BCUT2D eigenvalue weighted by atomic mass is 35.5. The lowest BCUT2D eigenvalue weighted by Crippen LogP contribution is -2.34. The fourth-order valence-electron chi connectivity index (χ4n) is 1.83. The lowest BCUT2D eigenvalue weighted by Gasteiger charge is -2.12. The number of carbonyl (C=O) groups is 1. The van der Waals surface area contributed by atoms with Gasteiger partial charge >= 0.3 is 6.03 Å². The van der Waals surface area contributed by atoms with Crippen LogP contribution in [0.4, 0.5) is 16.2 Å². The molecule has 0 spiro atoms. The van der Waals surface area contributed by atoms with Gasteiger partial charge in [0.1, 0.15) is 5.75 Å². The van der Waals surface area contributed by atoms with Gasteiger partial charge in [0.25, 0.3) is 0 Å². The van der Waals surface area contributed by atoms with E-state index in [0.29, 0.717) is 32.9 Å². The predicted octanol–water partition coefficient (Wildman–Crippen LogP) is 4.90. The van der Waals surface area contributed by atoms with Crippen LogP contribution in [0, 0.1) is 0 Å². The summed E-state index contributed by atoms with van der Waals surface area (Å²) in [5.41, 5.74) is 6.76. The number of nitrogens with two attached hydrogens (primary N) is 1. The summed E-state index contributed by atoms with van der Waals surface area (Å²) in [6, 6.07) is 9.76. The van der Waals surface area contributed by atoms with E-state index in [1.165, 1.54) is 0 Å². The fraction of sp³-hybridized carbons (Fsp3) is 0.188. The van der Waals surface area contributed by atoms with E-state index in [-0.39, 0.29) is 12.1 Å². The molecule has 0 aliphatic rings. The van der Waals surface area contributed by atoms with Crippen LogP contribution in [0.2, 0.25) is 10.0 Å². The molecule has 2 rings (SSSR count). The number of carbonyl (C=O) groups excluding carboxylic acids is 1. The third-order valence-electron chi connectivity index (χ3n) is 2.77. The molecule has 0 unspecified atom stereocenters. The Kier molecular flexibility index (Phi) is 5.58. The molecule has 5 nitrogen and oxygen atoms in total. The highest BCUT2D eigenvalue weighted by molar-refractivity contribution is 6.37. The number of halogens is 2. The van der Waals surface area contributed by atoms with Crippen LogP contribution < -0.4 is 21.1 Å². The second-order valence-electron chi connectivity index (χ2n) is 5.19. The Labute approximate surface area is 144 Å². The second-order valence-corrected chi connectivity index (χ2v) is 6.01. The van der Waals surface area contributed by atoms with Crippen LogP contribution in [0.25, 0.3) is 0 Å². The zero-order chi connectivity index (χ0) is 17.0. The van der Waals surface area contributed by atoms with E-state index in [1.54, 1.807) is 36.4 Å². The highest BCUT2D eigenvalue weighted by Crippen LogP contribution is 2.38. The molecule has 4 N–H and O–H groups in total. The number of hydrogen-bond donors (Lipinski definition) is 3. The average Bonchev–Trinajstić information content (AvgIpc) is 2.43. The van der Waals surface area contributed by atoms with Crippen molar-refractivity contribution >= 4 is 40.6 Å². The number of amides is 2. The van der Waals surface area contributed by atoms with Gasteiger partial charge in [-0.25, -0.2) is 4.79 Å². The topological polar surface area (TPSA) is 76.4 Å². The molecule has 0 saturated carbocycles. The minimum absolute atomic E-state index is 0.0624. The van der Waals surface area contributed by atoms with Crippen LogP contribution in [-0.2, 0) is 0 Å². The molecule has 0 heterocycles. The summed E-state index contributed by atoms with van der Waals surface area (Å²) in [7, 11) is 0. The quantitative estimate of drug-likeness (QED) is 0.684. The normalized spacial score (nSPS) is 10.5. The van der Waals surface area contributed by atoms with Gasteiger partial charge in [0.2, 0.25) is 0 Å². The average molecular weight is 354 g/mol. The summed E-state index contributed by atoms with van der Waals surface area (Å²) in [4.78, 5) is 11.6. The molecule has 0 saturated heterocycles. The maximum absolute atomic E-state index is 11.6. The molecule has 122 valence electrons. The van der Waals surface area contributed by atoms with Gasteiger partial charge < -0.3 is 21.1 Å². The zero-order valence-electron chi connectivity index (χ0n) is 12.7. The number of hydrogen-bond acceptors (Lipinski definition) is 3. The first-order valence-corrected chi connectivity index (χ1v) is 7.70. The zero-order valence-corrected chi connectivity index (χ0v) is 14.2. The molecule has 2 aromatic rings. The summed E-state index contributed by atoms with van der Waals surface area (Å²) >= 11 is 12.2. The molecular weight excluding hydrogens is 337 g/mol. The van der Waals surface area contributed by atoms with Crippen LogP contribution >= 0.6 is 23.2 Å². The molecule has 0 aromatic heterocycles. The molecule has 0 radical (unpaired) electrons. The number of benzene rings is 2. The van der Waals surface area contributed by atoms with E-state index in [2.05, 4.69) is 10.6 Å². The van der Waals surface area contributed by atoms with Gasteiger partial charge in [-0.1, -0.05) is 23.2 Å². The number of urea groups is 1. The standard InChI is InChI=1S/C16H17Cl2N3O2/c1-9(2)20-16(22)21-11-3-5-12(6-4-11)23-15-13(17)7-10(19)8-14(15)18/h3-9H,19H2,1-2H3,(H2,20,21,22). The van der Waals surface area contributed by atoms with E-state index in [1.807, 2.05) is 13.8 Å². The molecule has 2 amide bonds. The van der Waals surface area contributed by atoms with Crippen molar-refractivity contribution in [3.63, 3.8) is 0 Å². The van der Waals surface area contributed by atoms with Crippen molar-refractivity contribution in [2.24, 2.45) is 0 Å². The number of nitrogen functional groups attached to an aromatic ring is 1. The van der Waals surface area contributed by atoms with Gasteiger partial charge in [0, 0.05) is 17.4 Å². The SMILES string of the molecule is CC(C)NC(=O)Nc1ccc(Oc2c(Cl)cc(N)cc2Cl)cc1. The van der Waals surface area contributed by atoms with E-state index >= 15 is 0 Å². The maximum Gasteiger partial charge on any atom is 0.319 e. The Morgan fingerprint density at radius 2 is 1.70 bits per heavy atom. The molecule has 0 aliphatic heterocycles. The van der Waals surface area contributed by atoms with Gasteiger partial charge in [-0.05, 0) is 50.2 Å². The van der Waals surface area contributed by atoms with Crippen LogP contribution in [-0.4, -0.2) is 12.1 Å². The number of rotatable bonds is 4. The van der Waals surface area contributed by atoms with Gasteiger partial charge in [0.05, 0.1) is 10.0 Å². The molecule has 0 fully saturated rings. The Bertz CT molecular complexity index is 680. The Balaban J connectivity index is 2.07. The number of anilines is 2. The third kappa shape index (κ3) is 4.94. The summed E-state index contributed by atoms with van der Waals surface area (Å²) < 4.78 is 5.67. The largest absolute Gasteiger partial charge is 0.454 e. The Morgan fingerprint density at radius 3 is 2.22 bits per heavy atom. The first kappa shape index (κ1) is 17.2. The second kappa shape index (κ2) is 7.44. The third-order valence-corrected chi connectivity index (χ3v) is 3.33. The monoisotopic (exact) mass is 353 g/mol. The van der Waals surface area contributed by atoms with E-state index in [4.69, 9.17) is 33.7 Å². The van der Waals surface area contributed by atoms with Crippen LogP contribution in [0.5, 0.6) is 11.5 Å². The number of nitrogens with one attached hydrogen (secondary N) is 2. The minimum Gasteiger partial charge on any atom is -0.454 e. The van der Waals surface area contributed by atoms with Crippen LogP contribution in [0.3, 0.4) is 0 Å². The molecule has 0 atom stereocenters. The molecule has 23 heavy (non-hydrogen) atoms. The van der Waals surface area contributed by atoms with Crippen molar-refractivity contribution in [1.82, 2.24) is 5.32 Å². The van der Waals surface area contributed by atoms with Crippen molar-refractivity contribution in [3.8, 4) is 11.5 Å². The minimum atomic E-state index is -0.265. The van der Waals surface area contributed by atoms with Gasteiger partial charge in [0.15, 0.2) is 5.75 Å². The van der Waals surface area contributed by atoms with E-state index in [0.717, 1.165) is 0 Å². The van der Waals surface area contributed by atoms with Crippen LogP contribution in [0.1, 0.15) is 13.8 Å². The van der Waals surface area contributed by atoms with Gasteiger partial charge in [-0.3, -0.25) is 0 Å². The first-order chi connectivity index (χ1) is 10.8. The van der Waals surface area contributed by atoms with Crippen molar-refractivity contribution in [1.29, 1.82) is 0 Å². The fourth-order valence-corrected chi connectivity index (χ4v) is 2.41. The Hall–Kier alpha value is -2.11. The molecule has 7 heteroatoms. The first-order valence-electron chi connectivity index (χ1n) is 6.95. The molecular formula is C16H17Cl2N3O2. The van der Waals surface area contributed by atoms with Crippen molar-refractivity contribution in [3.05, 3.63) is 46.4 Å². The Morgan fingerprint density at radius 1 is 1.13 bits per heavy atom. The van der Waals surface area contributed by atoms with Gasteiger partial charge in [-0.15, -0.1) is 0 Å². The molecule has 2 aromatic carbocycles. The van der Waals surface area contributed by atoms with E-state index in [9.17, 15) is 4.79 Å². The van der Waals surface area contributed by atoms with Gasteiger partial charge in [-0.2, -0.15) is 0 Å². The summed E-state index contributed by atoms with van der Waals surface area (Å²) in [6.45, 7) is 3.77. The molecule has 0 aliphatic carbocycles. The number of ether oxygens (including phenoxy) is 1. The summed E-state index contributed by atoms with van der Waals surface area (Å²) in [5, 5.41) is 6.11.